The average molecular weight is 324 g/mol. The Morgan fingerprint density at radius 2 is 2.00 bits per heavy atom. The minimum atomic E-state index is -0.689. The number of nitrogens with zero attached hydrogens (tertiary/aromatic N) is 4. The predicted octanol–water partition coefficient (Wildman–Crippen LogP) is 0.491. The van der Waals surface area contributed by atoms with E-state index in [1.807, 2.05) is 12.1 Å². The van der Waals surface area contributed by atoms with Crippen LogP contribution in [-0.2, 0) is 24.3 Å². The lowest BCUT2D eigenvalue weighted by molar-refractivity contribution is -0.119. The number of fused-ring (bicyclic) bond motifs is 1. The largest absolute Gasteiger partial charge is 0.331 e. The van der Waals surface area contributed by atoms with Crippen LogP contribution < -0.4 is 16.1 Å². The van der Waals surface area contributed by atoms with Crippen LogP contribution in [0.25, 0.3) is 0 Å². The molecule has 1 amide bonds. The molecule has 2 heterocycles. The number of carbonyl (C=O) groups excluding carboxylic acids is 1. The molecule has 0 bridgehead atoms. The Labute approximate surface area is 138 Å². The zero-order chi connectivity index (χ0) is 17.3. The van der Waals surface area contributed by atoms with Gasteiger partial charge in [-0.15, -0.1) is 0 Å². The van der Waals surface area contributed by atoms with Crippen molar-refractivity contribution in [3.05, 3.63) is 62.4 Å². The molecule has 1 aromatic carbocycles. The van der Waals surface area contributed by atoms with Crippen LogP contribution in [0.1, 0.15) is 17.7 Å². The summed E-state index contributed by atoms with van der Waals surface area (Å²) >= 11 is 0. The van der Waals surface area contributed by atoms with Gasteiger partial charge in [0.1, 0.15) is 18.2 Å². The molecule has 2 aromatic rings. The van der Waals surface area contributed by atoms with Gasteiger partial charge in [0.25, 0.3) is 5.56 Å². The van der Waals surface area contributed by atoms with Crippen LogP contribution in [0.2, 0.25) is 0 Å². The van der Waals surface area contributed by atoms with Crippen molar-refractivity contribution >= 4 is 11.6 Å². The van der Waals surface area contributed by atoms with E-state index < -0.39 is 23.7 Å². The summed E-state index contributed by atoms with van der Waals surface area (Å²) in [4.78, 5) is 38.8. The zero-order valence-corrected chi connectivity index (χ0v) is 13.2. The smallest absolute Gasteiger partial charge is 0.314 e. The molecule has 0 aliphatic carbocycles. The van der Waals surface area contributed by atoms with E-state index in [0.29, 0.717) is 30.8 Å². The molecule has 0 saturated heterocycles. The molecule has 1 aliphatic heterocycles. The molecular formula is C17H16N4O3. The summed E-state index contributed by atoms with van der Waals surface area (Å²) < 4.78 is 2.28. The number of benzene rings is 1. The Morgan fingerprint density at radius 1 is 1.29 bits per heavy atom. The highest BCUT2D eigenvalue weighted by molar-refractivity contribution is 5.92. The molecule has 0 N–H and O–H groups in total. The van der Waals surface area contributed by atoms with Gasteiger partial charge >= 0.3 is 5.69 Å². The van der Waals surface area contributed by atoms with Gasteiger partial charge in [-0.25, -0.2) is 9.36 Å². The number of anilines is 1. The maximum atomic E-state index is 12.5. The molecule has 3 rings (SSSR count). The molecule has 1 aromatic heterocycles. The molecule has 0 spiro atoms. The molecule has 0 atom stereocenters. The first kappa shape index (κ1) is 15.7. The van der Waals surface area contributed by atoms with Gasteiger partial charge in [-0.3, -0.25) is 14.2 Å². The van der Waals surface area contributed by atoms with Crippen LogP contribution in [0.3, 0.4) is 0 Å². The highest BCUT2D eigenvalue weighted by Crippen LogP contribution is 2.14. The minimum Gasteiger partial charge on any atom is -0.314 e. The van der Waals surface area contributed by atoms with E-state index in [9.17, 15) is 19.6 Å². The van der Waals surface area contributed by atoms with Crippen molar-refractivity contribution in [2.45, 2.75) is 25.9 Å². The maximum Gasteiger partial charge on any atom is 0.331 e. The molecule has 0 fully saturated rings. The van der Waals surface area contributed by atoms with Crippen LogP contribution in [0.15, 0.2) is 39.9 Å². The lowest BCUT2D eigenvalue weighted by Crippen LogP contribution is -2.45. The molecular weight excluding hydrogens is 308 g/mol. The zero-order valence-electron chi connectivity index (χ0n) is 13.2. The van der Waals surface area contributed by atoms with Gasteiger partial charge < -0.3 is 4.90 Å². The number of para-hydroxylation sites is 1. The number of likely N-dealkylation sites (N-methyl/N-ethyl adjacent to an activating group) is 1. The molecule has 24 heavy (non-hydrogen) atoms. The minimum absolute atomic E-state index is 0.0396. The van der Waals surface area contributed by atoms with E-state index in [1.165, 1.54) is 9.47 Å². The Hall–Kier alpha value is -3.14. The van der Waals surface area contributed by atoms with Crippen LogP contribution in [-0.4, -0.2) is 22.1 Å². The summed E-state index contributed by atoms with van der Waals surface area (Å²) in [6.07, 6.45) is 1.25. The molecule has 0 saturated carbocycles. The standard InChI is InChI=1S/C17H16N4O3/c1-19(12-6-3-2-4-7-12)15(22)11-21-16(23)13(10-18)14-8-5-9-20(14)17(21)24/h2-4,6-7H,5,8-9,11H2,1H3. The van der Waals surface area contributed by atoms with E-state index in [0.717, 1.165) is 4.57 Å². The highest BCUT2D eigenvalue weighted by atomic mass is 16.2. The van der Waals surface area contributed by atoms with Crippen molar-refractivity contribution in [3.8, 4) is 6.07 Å². The number of rotatable bonds is 3. The summed E-state index contributed by atoms with van der Waals surface area (Å²) in [5, 5.41) is 9.25. The molecule has 0 unspecified atom stereocenters. The molecule has 1 aliphatic rings. The second-order valence-electron chi connectivity index (χ2n) is 5.65. The molecule has 7 heteroatoms. The van der Waals surface area contributed by atoms with Crippen molar-refractivity contribution in [2.24, 2.45) is 0 Å². The molecule has 0 radical (unpaired) electrons. The first-order chi connectivity index (χ1) is 11.5. The number of nitriles is 1. The normalized spacial score (nSPS) is 12.5. The number of hydrogen-bond acceptors (Lipinski definition) is 4. The SMILES string of the molecule is CN(C(=O)Cn1c(=O)c(C#N)c2n(c1=O)CCC2)c1ccccc1. The molecule has 122 valence electrons. The lowest BCUT2D eigenvalue weighted by atomic mass is 10.2. The summed E-state index contributed by atoms with van der Waals surface area (Å²) in [5.74, 6) is -0.400. The van der Waals surface area contributed by atoms with Crippen LogP contribution in [0.4, 0.5) is 5.69 Å². The van der Waals surface area contributed by atoms with Crippen LogP contribution in [0.5, 0.6) is 0 Å². The van der Waals surface area contributed by atoms with Crippen LogP contribution >= 0.6 is 0 Å². The van der Waals surface area contributed by atoms with E-state index in [4.69, 9.17) is 0 Å². The fourth-order valence-electron chi connectivity index (χ4n) is 2.93. The van der Waals surface area contributed by atoms with Gasteiger partial charge in [0, 0.05) is 25.0 Å². The fraction of sp³-hybridized carbons (Fsp3) is 0.294. The lowest BCUT2D eigenvalue weighted by Gasteiger charge is -2.18. The van der Waals surface area contributed by atoms with Crippen molar-refractivity contribution in [1.29, 1.82) is 5.26 Å². The third-order valence-electron chi connectivity index (χ3n) is 4.25. The Bertz CT molecular complexity index is 951. The summed E-state index contributed by atoms with van der Waals surface area (Å²) in [5.41, 5.74) is -0.112. The van der Waals surface area contributed by atoms with Crippen LogP contribution in [0, 0.1) is 11.3 Å². The first-order valence-electron chi connectivity index (χ1n) is 7.63. The average Bonchev–Trinajstić information content (AvgIpc) is 3.08. The predicted molar refractivity (Wildman–Crippen MR) is 87.9 cm³/mol. The van der Waals surface area contributed by atoms with Gasteiger partial charge in [0.05, 0.1) is 0 Å². The second-order valence-corrected chi connectivity index (χ2v) is 5.65. The Kier molecular flexibility index (Phi) is 4.04. The van der Waals surface area contributed by atoms with Gasteiger partial charge in [-0.05, 0) is 25.0 Å². The summed E-state index contributed by atoms with van der Waals surface area (Å²) in [6, 6.07) is 10.8. The van der Waals surface area contributed by atoms with Crippen molar-refractivity contribution in [3.63, 3.8) is 0 Å². The van der Waals surface area contributed by atoms with Crippen molar-refractivity contribution in [2.75, 3.05) is 11.9 Å². The third kappa shape index (κ3) is 2.52. The fourth-order valence-corrected chi connectivity index (χ4v) is 2.93. The van der Waals surface area contributed by atoms with Crippen molar-refractivity contribution in [1.82, 2.24) is 9.13 Å². The topological polar surface area (TPSA) is 88.1 Å². The second kappa shape index (κ2) is 6.16. The monoisotopic (exact) mass is 324 g/mol. The number of carbonyl (C=O) groups is 1. The maximum absolute atomic E-state index is 12.5. The number of amides is 1. The van der Waals surface area contributed by atoms with Gasteiger partial charge in [0.2, 0.25) is 5.91 Å². The van der Waals surface area contributed by atoms with Gasteiger partial charge in [0.15, 0.2) is 0 Å². The Morgan fingerprint density at radius 3 is 2.67 bits per heavy atom. The first-order valence-corrected chi connectivity index (χ1v) is 7.63. The van der Waals surface area contributed by atoms with E-state index in [1.54, 1.807) is 31.3 Å². The van der Waals surface area contributed by atoms with E-state index in [2.05, 4.69) is 0 Å². The quantitative estimate of drug-likeness (QED) is 0.822. The highest BCUT2D eigenvalue weighted by Gasteiger charge is 2.24. The number of aromatic nitrogens is 2. The molecule has 7 nitrogen and oxygen atoms in total. The van der Waals surface area contributed by atoms with Gasteiger partial charge in [-0.2, -0.15) is 5.26 Å². The summed E-state index contributed by atoms with van der Waals surface area (Å²) in [7, 11) is 1.58. The van der Waals surface area contributed by atoms with E-state index >= 15 is 0 Å². The van der Waals surface area contributed by atoms with Crippen molar-refractivity contribution < 1.29 is 4.79 Å². The summed E-state index contributed by atoms with van der Waals surface area (Å²) in [6.45, 7) is 0.0733. The third-order valence-corrected chi connectivity index (χ3v) is 4.25. The van der Waals surface area contributed by atoms with Gasteiger partial charge in [-0.1, -0.05) is 18.2 Å². The van der Waals surface area contributed by atoms with E-state index in [-0.39, 0.29) is 5.56 Å². The Balaban J connectivity index is 2.00. The number of hydrogen-bond donors (Lipinski definition) is 0.